The average Bonchev–Trinajstić information content (AvgIpc) is 2.40. The molecule has 0 saturated carbocycles. The first-order chi connectivity index (χ1) is 8.84. The lowest BCUT2D eigenvalue weighted by molar-refractivity contribution is 0.302. The maximum atomic E-state index is 5.90. The Balaban J connectivity index is 1.65. The van der Waals surface area contributed by atoms with Crippen molar-refractivity contribution in [3.63, 3.8) is 0 Å². The van der Waals surface area contributed by atoms with Crippen molar-refractivity contribution in [2.75, 3.05) is 13.2 Å². The average molecular weight is 263 g/mol. The van der Waals surface area contributed by atoms with Crippen LogP contribution in [0.2, 0.25) is 5.02 Å². The third kappa shape index (κ3) is 4.35. The number of nitrogens with one attached hydrogen (secondary N) is 1. The smallest absolute Gasteiger partial charge is 0.213 e. The minimum absolute atomic E-state index is 0.595. The molecule has 3 nitrogen and oxygen atoms in total. The van der Waals surface area contributed by atoms with Crippen LogP contribution in [0, 0.1) is 0 Å². The maximum absolute atomic E-state index is 5.90. The molecule has 2 aromatic rings. The molecule has 0 atom stereocenters. The van der Waals surface area contributed by atoms with Crippen LogP contribution in [-0.2, 0) is 6.54 Å². The number of aromatic nitrogens is 1. The third-order valence-corrected chi connectivity index (χ3v) is 2.62. The number of rotatable bonds is 6. The summed E-state index contributed by atoms with van der Waals surface area (Å²) in [7, 11) is 0. The van der Waals surface area contributed by atoms with Crippen LogP contribution in [0.1, 0.15) is 5.56 Å². The Hall–Kier alpha value is -1.58. The van der Waals surface area contributed by atoms with Crippen molar-refractivity contribution >= 4 is 11.6 Å². The number of pyridine rings is 1. The van der Waals surface area contributed by atoms with Crippen molar-refractivity contribution in [2.24, 2.45) is 0 Å². The van der Waals surface area contributed by atoms with Gasteiger partial charge in [-0.3, -0.25) is 0 Å². The van der Waals surface area contributed by atoms with Gasteiger partial charge in [0, 0.05) is 30.4 Å². The van der Waals surface area contributed by atoms with Crippen molar-refractivity contribution in [3.05, 3.63) is 59.2 Å². The quantitative estimate of drug-likeness (QED) is 0.813. The zero-order valence-electron chi connectivity index (χ0n) is 9.97. The van der Waals surface area contributed by atoms with Crippen LogP contribution < -0.4 is 10.1 Å². The highest BCUT2D eigenvalue weighted by Gasteiger charge is 1.95. The predicted octanol–water partition coefficient (Wildman–Crippen LogP) is 2.90. The van der Waals surface area contributed by atoms with E-state index in [1.54, 1.807) is 6.20 Å². The number of hydrogen-bond donors (Lipinski definition) is 1. The van der Waals surface area contributed by atoms with Crippen LogP contribution >= 0.6 is 11.6 Å². The van der Waals surface area contributed by atoms with Crippen molar-refractivity contribution in [1.82, 2.24) is 10.3 Å². The van der Waals surface area contributed by atoms with Crippen molar-refractivity contribution in [1.29, 1.82) is 0 Å². The van der Waals surface area contributed by atoms with Crippen molar-refractivity contribution in [3.8, 4) is 5.88 Å². The Morgan fingerprint density at radius 3 is 2.89 bits per heavy atom. The second kappa shape index (κ2) is 6.99. The van der Waals surface area contributed by atoms with Crippen LogP contribution in [0.25, 0.3) is 0 Å². The predicted molar refractivity (Wildman–Crippen MR) is 72.9 cm³/mol. The minimum atomic E-state index is 0.595. The number of hydrogen-bond acceptors (Lipinski definition) is 3. The van der Waals surface area contributed by atoms with Gasteiger partial charge in [0.15, 0.2) is 0 Å². The van der Waals surface area contributed by atoms with Crippen LogP contribution in [-0.4, -0.2) is 18.1 Å². The summed E-state index contributed by atoms with van der Waals surface area (Å²) < 4.78 is 5.47. The zero-order chi connectivity index (χ0) is 12.6. The lowest BCUT2D eigenvalue weighted by atomic mass is 10.2. The Kier molecular flexibility index (Phi) is 5.00. The Morgan fingerprint density at radius 1 is 1.17 bits per heavy atom. The van der Waals surface area contributed by atoms with Crippen LogP contribution in [0.15, 0.2) is 48.7 Å². The van der Waals surface area contributed by atoms with Gasteiger partial charge in [-0.05, 0) is 23.8 Å². The summed E-state index contributed by atoms with van der Waals surface area (Å²) in [5.74, 6) is 0.655. The lowest BCUT2D eigenvalue weighted by Crippen LogP contribution is -2.20. The van der Waals surface area contributed by atoms with Crippen molar-refractivity contribution in [2.45, 2.75) is 6.54 Å². The van der Waals surface area contributed by atoms with Crippen LogP contribution in [0.5, 0.6) is 5.88 Å². The highest BCUT2D eigenvalue weighted by atomic mass is 35.5. The summed E-state index contributed by atoms with van der Waals surface area (Å²) in [6.45, 7) is 2.15. The SMILES string of the molecule is Clc1cccc(CNCCOc2ccccn2)c1. The van der Waals surface area contributed by atoms with E-state index >= 15 is 0 Å². The molecule has 1 aromatic carbocycles. The van der Waals surface area contributed by atoms with Gasteiger partial charge in [0.05, 0.1) is 0 Å². The maximum Gasteiger partial charge on any atom is 0.213 e. The Labute approximate surface area is 112 Å². The largest absolute Gasteiger partial charge is 0.476 e. The first kappa shape index (κ1) is 12.9. The van der Waals surface area contributed by atoms with E-state index in [1.165, 1.54) is 5.56 Å². The van der Waals surface area contributed by atoms with E-state index in [2.05, 4.69) is 10.3 Å². The van der Waals surface area contributed by atoms with Crippen LogP contribution in [0.3, 0.4) is 0 Å². The van der Waals surface area contributed by atoms with Gasteiger partial charge in [0.2, 0.25) is 5.88 Å². The molecule has 0 aliphatic heterocycles. The van der Waals surface area contributed by atoms with E-state index < -0.39 is 0 Å². The molecular weight excluding hydrogens is 248 g/mol. The van der Waals surface area contributed by atoms with Gasteiger partial charge >= 0.3 is 0 Å². The minimum Gasteiger partial charge on any atom is -0.476 e. The molecule has 0 aliphatic rings. The molecule has 1 aromatic heterocycles. The molecule has 4 heteroatoms. The van der Waals surface area contributed by atoms with Gasteiger partial charge < -0.3 is 10.1 Å². The molecule has 0 fully saturated rings. The summed E-state index contributed by atoms with van der Waals surface area (Å²) in [6, 6.07) is 13.4. The third-order valence-electron chi connectivity index (χ3n) is 2.38. The van der Waals surface area contributed by atoms with Gasteiger partial charge in [0.1, 0.15) is 6.61 Å². The fourth-order valence-electron chi connectivity index (χ4n) is 1.54. The summed E-state index contributed by atoms with van der Waals surface area (Å²) in [6.07, 6.45) is 1.72. The molecule has 1 heterocycles. The topological polar surface area (TPSA) is 34.1 Å². The molecule has 94 valence electrons. The first-order valence-electron chi connectivity index (χ1n) is 5.83. The second-order valence-electron chi connectivity index (χ2n) is 3.82. The van der Waals surface area contributed by atoms with Gasteiger partial charge in [-0.1, -0.05) is 29.8 Å². The first-order valence-corrected chi connectivity index (χ1v) is 6.21. The summed E-state index contributed by atoms with van der Waals surface area (Å²) in [5, 5.41) is 4.05. The standard InChI is InChI=1S/C14H15ClN2O/c15-13-5-3-4-12(10-13)11-16-8-9-18-14-6-1-2-7-17-14/h1-7,10,16H,8-9,11H2. The van der Waals surface area contributed by atoms with E-state index in [9.17, 15) is 0 Å². The fraction of sp³-hybridized carbons (Fsp3) is 0.214. The number of ether oxygens (including phenoxy) is 1. The highest BCUT2D eigenvalue weighted by molar-refractivity contribution is 6.30. The summed E-state index contributed by atoms with van der Waals surface area (Å²) in [4.78, 5) is 4.08. The fourth-order valence-corrected chi connectivity index (χ4v) is 1.75. The molecule has 1 N–H and O–H groups in total. The van der Waals surface area contributed by atoms with Gasteiger partial charge in [-0.2, -0.15) is 0 Å². The van der Waals surface area contributed by atoms with E-state index in [0.717, 1.165) is 18.1 Å². The lowest BCUT2D eigenvalue weighted by Gasteiger charge is -2.07. The van der Waals surface area contributed by atoms with Gasteiger partial charge in [-0.15, -0.1) is 0 Å². The number of nitrogens with zero attached hydrogens (tertiary/aromatic N) is 1. The van der Waals surface area contributed by atoms with E-state index in [4.69, 9.17) is 16.3 Å². The normalized spacial score (nSPS) is 10.3. The number of halogens is 1. The summed E-state index contributed by atoms with van der Waals surface area (Å²) in [5.41, 5.74) is 1.17. The molecule has 18 heavy (non-hydrogen) atoms. The van der Waals surface area contributed by atoms with Crippen molar-refractivity contribution < 1.29 is 4.74 Å². The molecule has 0 unspecified atom stereocenters. The molecule has 0 amide bonds. The molecule has 0 saturated heterocycles. The molecule has 0 bridgehead atoms. The Morgan fingerprint density at radius 2 is 2.11 bits per heavy atom. The molecule has 2 rings (SSSR count). The molecule has 0 radical (unpaired) electrons. The molecular formula is C14H15ClN2O. The zero-order valence-corrected chi connectivity index (χ0v) is 10.7. The summed E-state index contributed by atoms with van der Waals surface area (Å²) >= 11 is 5.90. The number of benzene rings is 1. The van der Waals surface area contributed by atoms with Gasteiger partial charge in [0.25, 0.3) is 0 Å². The monoisotopic (exact) mass is 262 g/mol. The van der Waals surface area contributed by atoms with Gasteiger partial charge in [-0.25, -0.2) is 4.98 Å². The Bertz CT molecular complexity index is 476. The molecule has 0 aliphatic carbocycles. The highest BCUT2D eigenvalue weighted by Crippen LogP contribution is 2.10. The van der Waals surface area contributed by atoms with Crippen LogP contribution in [0.4, 0.5) is 0 Å². The molecule has 0 spiro atoms. The van der Waals surface area contributed by atoms with E-state index in [0.29, 0.717) is 12.5 Å². The van der Waals surface area contributed by atoms with E-state index in [-0.39, 0.29) is 0 Å². The van der Waals surface area contributed by atoms with E-state index in [1.807, 2.05) is 42.5 Å². The second-order valence-corrected chi connectivity index (χ2v) is 4.26.